The van der Waals surface area contributed by atoms with Crippen molar-refractivity contribution in [3.63, 3.8) is 0 Å². The number of rotatable bonds is 5. The minimum absolute atomic E-state index is 0.775. The van der Waals surface area contributed by atoms with Crippen LogP contribution in [0.3, 0.4) is 0 Å². The highest BCUT2D eigenvalue weighted by Gasteiger charge is 2.18. The van der Waals surface area contributed by atoms with Gasteiger partial charge in [-0.15, -0.1) is 0 Å². The Kier molecular flexibility index (Phi) is 4.47. The summed E-state index contributed by atoms with van der Waals surface area (Å²) in [6.07, 6.45) is 6.37. The molecule has 118 valence electrons. The fourth-order valence-electron chi connectivity index (χ4n) is 3.46. The summed E-state index contributed by atoms with van der Waals surface area (Å²) < 4.78 is 0. The first-order chi connectivity index (χ1) is 11.1. The second-order valence-corrected chi connectivity index (χ2v) is 6.66. The first-order valence-corrected chi connectivity index (χ1v) is 8.58. The monoisotopic (exact) mass is 303 g/mol. The predicted octanol–water partition coefficient (Wildman–Crippen LogP) is 6.52. The summed E-state index contributed by atoms with van der Waals surface area (Å²) in [5, 5.41) is 11.1. The number of nitrogens with one attached hydrogen (secondary N) is 1. The van der Waals surface area contributed by atoms with Crippen molar-refractivity contribution in [2.45, 2.75) is 46.5 Å². The van der Waals surface area contributed by atoms with Crippen molar-refractivity contribution in [2.75, 3.05) is 0 Å². The van der Waals surface area contributed by atoms with Gasteiger partial charge in [0.1, 0.15) is 0 Å². The average Bonchev–Trinajstić information content (AvgIpc) is 2.89. The molecule has 0 bridgehead atoms. The molecular formula is C22H25N. The molecule has 1 aliphatic carbocycles. The van der Waals surface area contributed by atoms with Gasteiger partial charge in [-0.3, -0.25) is 0 Å². The zero-order valence-corrected chi connectivity index (χ0v) is 14.4. The molecule has 0 spiro atoms. The summed E-state index contributed by atoms with van der Waals surface area (Å²) in [6, 6.07) is 13.0. The van der Waals surface area contributed by atoms with E-state index in [4.69, 9.17) is 5.41 Å². The molecule has 0 saturated carbocycles. The molecule has 0 amide bonds. The first-order valence-electron chi connectivity index (χ1n) is 8.58. The maximum atomic E-state index is 8.59. The molecule has 2 aromatic rings. The lowest BCUT2D eigenvalue weighted by atomic mass is 9.89. The lowest BCUT2D eigenvalue weighted by molar-refractivity contribution is 0.833. The van der Waals surface area contributed by atoms with Gasteiger partial charge < -0.3 is 5.41 Å². The van der Waals surface area contributed by atoms with Crippen molar-refractivity contribution in [1.82, 2.24) is 0 Å². The van der Waals surface area contributed by atoms with Gasteiger partial charge in [-0.05, 0) is 72.7 Å². The molecule has 3 rings (SSSR count). The van der Waals surface area contributed by atoms with Crippen molar-refractivity contribution < 1.29 is 0 Å². The number of hydrogen-bond acceptors (Lipinski definition) is 1. The third kappa shape index (κ3) is 3.14. The summed E-state index contributed by atoms with van der Waals surface area (Å²) in [7, 11) is 0. The summed E-state index contributed by atoms with van der Waals surface area (Å²) >= 11 is 0. The molecule has 0 saturated heterocycles. The summed E-state index contributed by atoms with van der Waals surface area (Å²) in [4.78, 5) is 0. The molecule has 0 heterocycles. The second kappa shape index (κ2) is 6.54. The molecule has 0 radical (unpaired) electrons. The summed E-state index contributed by atoms with van der Waals surface area (Å²) in [5.74, 6) is 0. The van der Waals surface area contributed by atoms with Gasteiger partial charge in [0.05, 0.1) is 0 Å². The normalized spacial score (nSPS) is 14.5. The largest absolute Gasteiger partial charge is 0.305 e. The van der Waals surface area contributed by atoms with Crippen LogP contribution in [0.1, 0.15) is 57.6 Å². The average molecular weight is 303 g/mol. The Bertz CT molecular complexity index is 821. The molecule has 1 heteroatoms. The fraction of sp³-hybridized carbons (Fsp3) is 0.318. The molecule has 0 aliphatic heterocycles. The summed E-state index contributed by atoms with van der Waals surface area (Å²) in [5.41, 5.74) is 7.31. The van der Waals surface area contributed by atoms with Crippen LogP contribution in [0.2, 0.25) is 0 Å². The van der Waals surface area contributed by atoms with Crippen LogP contribution in [0, 0.1) is 5.41 Å². The van der Waals surface area contributed by atoms with E-state index in [2.05, 4.69) is 63.2 Å². The van der Waals surface area contributed by atoms with E-state index in [0.717, 1.165) is 37.0 Å². The number of fused-ring (bicyclic) bond motifs is 1. The number of allylic oxidation sites excluding steroid dienone is 4. The molecule has 1 nitrogen and oxygen atoms in total. The van der Waals surface area contributed by atoms with E-state index in [1.807, 2.05) is 0 Å². The van der Waals surface area contributed by atoms with E-state index in [0.29, 0.717) is 0 Å². The standard InChI is InChI=1S/C22H25N/c1-4-5-10-22(23)21-14-18-9-7-6-8-17(18)13-20(21)19-12-15(2)11-16(19)3/h6-9,11,13-14,23H,4-5,10,12H2,1-3H3. The van der Waals surface area contributed by atoms with E-state index < -0.39 is 0 Å². The van der Waals surface area contributed by atoms with Crippen molar-refractivity contribution in [3.05, 3.63) is 64.7 Å². The number of unbranched alkanes of at least 4 members (excludes halogenated alkanes) is 1. The van der Waals surface area contributed by atoms with Crippen LogP contribution in [0.25, 0.3) is 16.3 Å². The Balaban J connectivity index is 2.14. The minimum atomic E-state index is 0.775. The SMILES string of the molecule is CCCCC(=N)c1cc2ccccc2cc1C1=C(C)C=C(C)C1. The van der Waals surface area contributed by atoms with Crippen LogP contribution in [0.15, 0.2) is 53.6 Å². The molecule has 1 N–H and O–H groups in total. The Labute approximate surface area is 139 Å². The smallest absolute Gasteiger partial charge is 0.0392 e. The van der Waals surface area contributed by atoms with Gasteiger partial charge >= 0.3 is 0 Å². The van der Waals surface area contributed by atoms with Gasteiger partial charge in [-0.1, -0.05) is 49.3 Å². The molecule has 2 aromatic carbocycles. The Morgan fingerprint density at radius 3 is 2.39 bits per heavy atom. The van der Waals surface area contributed by atoms with Crippen molar-refractivity contribution in [1.29, 1.82) is 5.41 Å². The molecule has 0 unspecified atom stereocenters. The minimum Gasteiger partial charge on any atom is -0.305 e. The van der Waals surface area contributed by atoms with Crippen LogP contribution in [0.5, 0.6) is 0 Å². The summed E-state index contributed by atoms with van der Waals surface area (Å²) in [6.45, 7) is 6.57. The van der Waals surface area contributed by atoms with Crippen LogP contribution < -0.4 is 0 Å². The van der Waals surface area contributed by atoms with E-state index in [1.54, 1.807) is 0 Å². The first kappa shape index (κ1) is 15.7. The van der Waals surface area contributed by atoms with E-state index in [-0.39, 0.29) is 0 Å². The highest BCUT2D eigenvalue weighted by molar-refractivity contribution is 6.06. The van der Waals surface area contributed by atoms with Gasteiger partial charge in [-0.2, -0.15) is 0 Å². The zero-order chi connectivity index (χ0) is 16.4. The maximum Gasteiger partial charge on any atom is 0.0392 e. The highest BCUT2D eigenvalue weighted by Crippen LogP contribution is 2.36. The molecule has 0 aromatic heterocycles. The predicted molar refractivity (Wildman–Crippen MR) is 101 cm³/mol. The van der Waals surface area contributed by atoms with Gasteiger partial charge in [0.2, 0.25) is 0 Å². The van der Waals surface area contributed by atoms with Gasteiger partial charge in [0, 0.05) is 11.3 Å². The van der Waals surface area contributed by atoms with Crippen LogP contribution >= 0.6 is 0 Å². The second-order valence-electron chi connectivity index (χ2n) is 6.66. The fourth-order valence-corrected chi connectivity index (χ4v) is 3.46. The molecular weight excluding hydrogens is 278 g/mol. The van der Waals surface area contributed by atoms with Crippen LogP contribution in [0.4, 0.5) is 0 Å². The van der Waals surface area contributed by atoms with E-state index >= 15 is 0 Å². The number of benzene rings is 2. The Morgan fingerprint density at radius 1 is 1.09 bits per heavy atom. The third-order valence-electron chi connectivity index (χ3n) is 4.71. The molecule has 1 aliphatic rings. The van der Waals surface area contributed by atoms with E-state index in [1.165, 1.54) is 33.1 Å². The van der Waals surface area contributed by atoms with Crippen LogP contribution in [-0.2, 0) is 0 Å². The lowest BCUT2D eigenvalue weighted by Crippen LogP contribution is -2.04. The topological polar surface area (TPSA) is 23.9 Å². The zero-order valence-electron chi connectivity index (χ0n) is 14.4. The van der Waals surface area contributed by atoms with Crippen molar-refractivity contribution in [3.8, 4) is 0 Å². The van der Waals surface area contributed by atoms with Gasteiger partial charge in [0.15, 0.2) is 0 Å². The molecule has 0 fully saturated rings. The van der Waals surface area contributed by atoms with Crippen molar-refractivity contribution in [2.24, 2.45) is 0 Å². The number of hydrogen-bond donors (Lipinski definition) is 1. The van der Waals surface area contributed by atoms with Crippen LogP contribution in [-0.4, -0.2) is 5.71 Å². The van der Waals surface area contributed by atoms with E-state index in [9.17, 15) is 0 Å². The Hall–Kier alpha value is -2.15. The Morgan fingerprint density at radius 2 is 1.78 bits per heavy atom. The molecule has 0 atom stereocenters. The maximum absolute atomic E-state index is 8.59. The van der Waals surface area contributed by atoms with Gasteiger partial charge in [0.25, 0.3) is 0 Å². The van der Waals surface area contributed by atoms with Crippen molar-refractivity contribution >= 4 is 22.1 Å². The van der Waals surface area contributed by atoms with Gasteiger partial charge in [-0.25, -0.2) is 0 Å². The quantitative estimate of drug-likeness (QED) is 0.608. The third-order valence-corrected chi connectivity index (χ3v) is 4.71. The molecule has 23 heavy (non-hydrogen) atoms. The lowest BCUT2D eigenvalue weighted by Gasteiger charge is -2.15. The highest BCUT2D eigenvalue weighted by atomic mass is 14.4.